The molecule has 2 aliphatic rings. The maximum Gasteiger partial charge on any atom is 0.232 e. The molecule has 1 unspecified atom stereocenters. The van der Waals surface area contributed by atoms with E-state index < -0.39 is 0 Å². The summed E-state index contributed by atoms with van der Waals surface area (Å²) in [5.41, 5.74) is 7.74. The molecule has 1 aromatic carbocycles. The molecule has 0 bridgehead atoms. The van der Waals surface area contributed by atoms with Gasteiger partial charge in [-0.1, -0.05) is 24.3 Å². The predicted octanol–water partition coefficient (Wildman–Crippen LogP) is 3.06. The lowest BCUT2D eigenvalue weighted by Crippen LogP contribution is -2.50. The second-order valence-corrected chi connectivity index (χ2v) is 7.35. The number of halogens is 1. The Morgan fingerprint density at radius 2 is 2.04 bits per heavy atom. The molecule has 0 aromatic heterocycles. The van der Waals surface area contributed by atoms with Gasteiger partial charge in [0.2, 0.25) is 5.91 Å². The summed E-state index contributed by atoms with van der Waals surface area (Å²) in [5.74, 6) is 0.301. The number of ether oxygens (including phenoxy) is 1. The average molecular weight is 367 g/mol. The predicted molar refractivity (Wildman–Crippen MR) is 103 cm³/mol. The molecule has 1 fully saturated rings. The smallest absolute Gasteiger partial charge is 0.232 e. The Kier molecular flexibility index (Phi) is 7.29. The third kappa shape index (κ3) is 4.36. The first-order chi connectivity index (χ1) is 11.6. The van der Waals surface area contributed by atoms with E-state index in [0.717, 1.165) is 58.2 Å². The van der Waals surface area contributed by atoms with Gasteiger partial charge in [-0.2, -0.15) is 0 Å². The summed E-state index contributed by atoms with van der Waals surface area (Å²) in [6.45, 7) is 5.17. The number of likely N-dealkylation sites (tertiary alicyclic amines) is 1. The van der Waals surface area contributed by atoms with Crippen molar-refractivity contribution >= 4 is 18.3 Å². The van der Waals surface area contributed by atoms with Gasteiger partial charge in [0, 0.05) is 19.7 Å². The topological polar surface area (TPSA) is 55.6 Å². The molecular weight excluding hydrogens is 336 g/mol. The molecule has 3 rings (SSSR count). The lowest BCUT2D eigenvalue weighted by atomic mass is 9.70. The molecule has 1 aliphatic heterocycles. The Labute approximate surface area is 157 Å². The molecule has 4 nitrogen and oxygen atoms in total. The Hall–Kier alpha value is -1.10. The molecule has 0 spiro atoms. The monoisotopic (exact) mass is 366 g/mol. The molecule has 25 heavy (non-hydrogen) atoms. The number of nitrogens with zero attached hydrogens (tertiary/aromatic N) is 1. The van der Waals surface area contributed by atoms with Crippen molar-refractivity contribution in [1.29, 1.82) is 0 Å². The highest BCUT2D eigenvalue weighted by Gasteiger charge is 2.42. The zero-order valence-corrected chi connectivity index (χ0v) is 16.0. The van der Waals surface area contributed by atoms with E-state index in [4.69, 9.17) is 10.5 Å². The second-order valence-electron chi connectivity index (χ2n) is 7.35. The van der Waals surface area contributed by atoms with Crippen molar-refractivity contribution in [1.82, 2.24) is 4.90 Å². The molecule has 5 heteroatoms. The lowest BCUT2D eigenvalue weighted by Gasteiger charge is -2.41. The maximum atomic E-state index is 13.3. The number of hydrogen-bond donors (Lipinski definition) is 1. The number of benzene rings is 1. The van der Waals surface area contributed by atoms with Crippen molar-refractivity contribution in [3.05, 3.63) is 35.4 Å². The number of carbonyl (C=O) groups is 1. The van der Waals surface area contributed by atoms with Crippen LogP contribution in [0.5, 0.6) is 0 Å². The van der Waals surface area contributed by atoms with Crippen LogP contribution in [0.2, 0.25) is 0 Å². The standard InChI is InChI=1S/C20H30N2O2.ClH/c1-20(11-4-7-16-6-2-3-8-18(16)20)19(23)22-13-9-17(10-14-22)24-15-5-12-21;/h2-3,6,8,17H,4-5,7,9-15,21H2,1H3;1H. The van der Waals surface area contributed by atoms with Gasteiger partial charge in [0.1, 0.15) is 0 Å². The molecule has 2 N–H and O–H groups in total. The third-order valence-electron chi connectivity index (χ3n) is 5.64. The highest BCUT2D eigenvalue weighted by Crippen LogP contribution is 2.39. The fraction of sp³-hybridized carbons (Fsp3) is 0.650. The zero-order chi connectivity index (χ0) is 17.0. The van der Waals surface area contributed by atoms with Crippen molar-refractivity contribution in [2.24, 2.45) is 5.73 Å². The Balaban J connectivity index is 0.00000225. The molecule has 1 heterocycles. The van der Waals surface area contributed by atoms with Gasteiger partial charge in [-0.3, -0.25) is 4.79 Å². The van der Waals surface area contributed by atoms with Crippen molar-refractivity contribution in [3.63, 3.8) is 0 Å². The molecule has 0 radical (unpaired) electrons. The highest BCUT2D eigenvalue weighted by atomic mass is 35.5. The van der Waals surface area contributed by atoms with E-state index >= 15 is 0 Å². The molecule has 1 saturated heterocycles. The molecule has 1 aromatic rings. The minimum absolute atomic E-state index is 0. The summed E-state index contributed by atoms with van der Waals surface area (Å²) in [6.07, 6.45) is 6.21. The Bertz CT molecular complexity index is 573. The summed E-state index contributed by atoms with van der Waals surface area (Å²) in [7, 11) is 0. The van der Waals surface area contributed by atoms with Crippen molar-refractivity contribution in [2.45, 2.75) is 57.0 Å². The van der Waals surface area contributed by atoms with E-state index in [1.165, 1.54) is 11.1 Å². The van der Waals surface area contributed by atoms with Crippen LogP contribution in [0.3, 0.4) is 0 Å². The van der Waals surface area contributed by atoms with E-state index in [1.54, 1.807) is 0 Å². The molecule has 1 amide bonds. The summed E-state index contributed by atoms with van der Waals surface area (Å²) >= 11 is 0. The molecule has 0 saturated carbocycles. The van der Waals surface area contributed by atoms with Gasteiger partial charge in [0.15, 0.2) is 0 Å². The van der Waals surface area contributed by atoms with Crippen molar-refractivity contribution < 1.29 is 9.53 Å². The van der Waals surface area contributed by atoms with Crippen LogP contribution in [0.4, 0.5) is 0 Å². The fourth-order valence-corrected chi connectivity index (χ4v) is 4.17. The lowest BCUT2D eigenvalue weighted by molar-refractivity contribution is -0.140. The van der Waals surface area contributed by atoms with Crippen LogP contribution >= 0.6 is 12.4 Å². The van der Waals surface area contributed by atoms with Crippen LogP contribution in [0.15, 0.2) is 24.3 Å². The second kappa shape index (κ2) is 9.02. The van der Waals surface area contributed by atoms with E-state index in [0.29, 0.717) is 12.5 Å². The van der Waals surface area contributed by atoms with Gasteiger partial charge in [0.05, 0.1) is 11.5 Å². The van der Waals surface area contributed by atoms with E-state index in [-0.39, 0.29) is 23.9 Å². The number of piperidine rings is 1. The summed E-state index contributed by atoms with van der Waals surface area (Å²) in [5, 5.41) is 0. The van der Waals surface area contributed by atoms with Crippen molar-refractivity contribution in [2.75, 3.05) is 26.2 Å². The van der Waals surface area contributed by atoms with Crippen LogP contribution in [0.25, 0.3) is 0 Å². The van der Waals surface area contributed by atoms with Gasteiger partial charge in [0.25, 0.3) is 0 Å². The first kappa shape index (κ1) is 20.2. The van der Waals surface area contributed by atoms with Crippen LogP contribution in [0.1, 0.15) is 50.2 Å². The number of rotatable bonds is 5. The summed E-state index contributed by atoms with van der Waals surface area (Å²) < 4.78 is 5.86. The molecule has 1 atom stereocenters. The average Bonchev–Trinajstić information content (AvgIpc) is 2.62. The Morgan fingerprint density at radius 1 is 1.32 bits per heavy atom. The van der Waals surface area contributed by atoms with Crippen LogP contribution in [0, 0.1) is 0 Å². The van der Waals surface area contributed by atoms with Gasteiger partial charge in [-0.05, 0) is 63.1 Å². The van der Waals surface area contributed by atoms with Crippen molar-refractivity contribution in [3.8, 4) is 0 Å². The molecule has 1 aliphatic carbocycles. The van der Waals surface area contributed by atoms with Gasteiger partial charge >= 0.3 is 0 Å². The van der Waals surface area contributed by atoms with Gasteiger partial charge in [-0.15, -0.1) is 12.4 Å². The number of hydrogen-bond acceptors (Lipinski definition) is 3. The minimum atomic E-state index is -0.359. The number of fused-ring (bicyclic) bond motifs is 1. The van der Waals surface area contributed by atoms with E-state index in [2.05, 4.69) is 36.1 Å². The number of aryl methyl sites for hydroxylation is 1. The van der Waals surface area contributed by atoms with Gasteiger partial charge < -0.3 is 15.4 Å². The summed E-state index contributed by atoms with van der Waals surface area (Å²) in [4.78, 5) is 15.3. The fourth-order valence-electron chi connectivity index (χ4n) is 4.17. The summed E-state index contributed by atoms with van der Waals surface area (Å²) in [6, 6.07) is 8.47. The van der Waals surface area contributed by atoms with Crippen LogP contribution < -0.4 is 5.73 Å². The molecular formula is C20H31ClN2O2. The van der Waals surface area contributed by atoms with E-state index in [9.17, 15) is 4.79 Å². The van der Waals surface area contributed by atoms with E-state index in [1.807, 2.05) is 0 Å². The largest absolute Gasteiger partial charge is 0.378 e. The number of amides is 1. The minimum Gasteiger partial charge on any atom is -0.378 e. The quantitative estimate of drug-likeness (QED) is 0.815. The maximum absolute atomic E-state index is 13.3. The first-order valence-electron chi connectivity index (χ1n) is 9.34. The number of nitrogens with two attached hydrogens (primary N) is 1. The van der Waals surface area contributed by atoms with Crippen LogP contribution in [-0.4, -0.2) is 43.2 Å². The normalized spacial score (nSPS) is 23.7. The third-order valence-corrected chi connectivity index (χ3v) is 5.64. The first-order valence-corrected chi connectivity index (χ1v) is 9.34. The zero-order valence-electron chi connectivity index (χ0n) is 15.2. The highest BCUT2D eigenvalue weighted by molar-refractivity contribution is 5.88. The van der Waals surface area contributed by atoms with Crippen LogP contribution in [-0.2, 0) is 21.4 Å². The SMILES string of the molecule is CC1(C(=O)N2CCC(OCCCN)CC2)CCCc2ccccc21.Cl. The molecule has 140 valence electrons. The Morgan fingerprint density at radius 3 is 2.76 bits per heavy atom. The van der Waals surface area contributed by atoms with Gasteiger partial charge in [-0.25, -0.2) is 0 Å². The number of carbonyl (C=O) groups excluding carboxylic acids is 1.